The second-order valence-corrected chi connectivity index (χ2v) is 5.23. The molecule has 0 aromatic carbocycles. The number of nitrogens with zero attached hydrogens (tertiary/aromatic N) is 4. The van der Waals surface area contributed by atoms with E-state index in [0.29, 0.717) is 11.2 Å². The maximum absolute atomic E-state index is 11.3. The van der Waals surface area contributed by atoms with Crippen LogP contribution in [0.15, 0.2) is 12.7 Å². The fourth-order valence-electron chi connectivity index (χ4n) is 2.55. The van der Waals surface area contributed by atoms with Gasteiger partial charge in [-0.3, -0.25) is 4.57 Å². The van der Waals surface area contributed by atoms with Crippen molar-refractivity contribution >= 4 is 23.1 Å². The number of alkyl carbamates (subject to hydrolysis) is 1. The maximum Gasteiger partial charge on any atom is 0.407 e. The predicted molar refractivity (Wildman–Crippen MR) is 80.7 cm³/mol. The summed E-state index contributed by atoms with van der Waals surface area (Å²) >= 11 is 0. The Bertz CT molecular complexity index is 737. The average molecular weight is 338 g/mol. The molecule has 0 aliphatic carbocycles. The highest BCUT2D eigenvalue weighted by atomic mass is 16.6. The molecule has 0 unspecified atom stereocenters. The summed E-state index contributed by atoms with van der Waals surface area (Å²) in [5, 5.41) is 22.9. The van der Waals surface area contributed by atoms with E-state index in [9.17, 15) is 15.0 Å². The van der Waals surface area contributed by atoms with Crippen molar-refractivity contribution in [2.45, 2.75) is 31.5 Å². The number of aromatic nitrogens is 4. The Balaban J connectivity index is 1.77. The van der Waals surface area contributed by atoms with Crippen molar-refractivity contribution in [3.63, 3.8) is 0 Å². The van der Waals surface area contributed by atoms with Crippen LogP contribution in [0.2, 0.25) is 0 Å². The van der Waals surface area contributed by atoms with E-state index in [2.05, 4.69) is 20.3 Å². The molecule has 2 aromatic rings. The molecule has 1 fully saturated rings. The highest BCUT2D eigenvalue weighted by Gasteiger charge is 2.44. The molecule has 11 heteroatoms. The number of anilines is 1. The SMILES string of the molecule is CCOC(=O)NC[C@H]1O[C@@H](n2cnc3c(N)ncnc32)[C@H](O)[C@@H]1O. The molecule has 4 atom stereocenters. The zero-order valence-electron chi connectivity index (χ0n) is 12.9. The summed E-state index contributed by atoms with van der Waals surface area (Å²) in [5.74, 6) is 0.201. The fraction of sp³-hybridized carbons (Fsp3) is 0.538. The molecule has 0 spiro atoms. The van der Waals surface area contributed by atoms with Gasteiger partial charge in [0.05, 0.1) is 12.9 Å². The van der Waals surface area contributed by atoms with E-state index in [4.69, 9.17) is 15.2 Å². The van der Waals surface area contributed by atoms with Gasteiger partial charge in [0.2, 0.25) is 0 Å². The third-order valence-electron chi connectivity index (χ3n) is 3.72. The van der Waals surface area contributed by atoms with Crippen LogP contribution in [0.25, 0.3) is 11.2 Å². The zero-order valence-corrected chi connectivity index (χ0v) is 12.9. The smallest absolute Gasteiger partial charge is 0.407 e. The number of carbonyl (C=O) groups excluding carboxylic acids is 1. The maximum atomic E-state index is 11.3. The lowest BCUT2D eigenvalue weighted by atomic mass is 10.1. The van der Waals surface area contributed by atoms with Gasteiger partial charge in [0, 0.05) is 6.54 Å². The van der Waals surface area contributed by atoms with Crippen LogP contribution < -0.4 is 11.1 Å². The molecule has 130 valence electrons. The first-order valence-electron chi connectivity index (χ1n) is 7.38. The molecule has 2 aromatic heterocycles. The number of aliphatic hydroxyl groups is 2. The fourth-order valence-corrected chi connectivity index (χ4v) is 2.55. The van der Waals surface area contributed by atoms with Crippen molar-refractivity contribution in [1.29, 1.82) is 0 Å². The Kier molecular flexibility index (Phi) is 4.46. The number of carbonyl (C=O) groups is 1. The summed E-state index contributed by atoms with van der Waals surface area (Å²) in [4.78, 5) is 23.3. The molecule has 11 nitrogen and oxygen atoms in total. The van der Waals surface area contributed by atoms with E-state index < -0.39 is 30.6 Å². The third kappa shape index (κ3) is 2.84. The van der Waals surface area contributed by atoms with Crippen molar-refractivity contribution < 1.29 is 24.5 Å². The van der Waals surface area contributed by atoms with Crippen LogP contribution in [0.3, 0.4) is 0 Å². The zero-order chi connectivity index (χ0) is 17.3. The summed E-state index contributed by atoms with van der Waals surface area (Å²) in [5.41, 5.74) is 6.47. The van der Waals surface area contributed by atoms with Gasteiger partial charge in [0.25, 0.3) is 0 Å². The lowest BCUT2D eigenvalue weighted by Gasteiger charge is -2.16. The number of rotatable bonds is 4. The highest BCUT2D eigenvalue weighted by Crippen LogP contribution is 2.31. The molecule has 1 aliphatic heterocycles. The minimum Gasteiger partial charge on any atom is -0.450 e. The number of hydrogen-bond donors (Lipinski definition) is 4. The van der Waals surface area contributed by atoms with Gasteiger partial charge in [-0.25, -0.2) is 19.7 Å². The molecular weight excluding hydrogens is 320 g/mol. The van der Waals surface area contributed by atoms with Crippen molar-refractivity contribution in [2.75, 3.05) is 18.9 Å². The average Bonchev–Trinajstić information content (AvgIpc) is 3.10. The number of nitrogens with one attached hydrogen (secondary N) is 1. The summed E-state index contributed by atoms with van der Waals surface area (Å²) in [7, 11) is 0. The first-order chi connectivity index (χ1) is 11.5. The number of amides is 1. The molecule has 3 heterocycles. The second-order valence-electron chi connectivity index (χ2n) is 5.23. The van der Waals surface area contributed by atoms with Gasteiger partial charge in [0.15, 0.2) is 17.7 Å². The van der Waals surface area contributed by atoms with E-state index in [0.717, 1.165) is 0 Å². The highest BCUT2D eigenvalue weighted by molar-refractivity contribution is 5.81. The van der Waals surface area contributed by atoms with Crippen LogP contribution >= 0.6 is 0 Å². The summed E-state index contributed by atoms with van der Waals surface area (Å²) in [6.07, 6.45) is -2.12. The molecule has 1 saturated heterocycles. The Morgan fingerprint density at radius 1 is 1.42 bits per heavy atom. The van der Waals surface area contributed by atoms with Crippen molar-refractivity contribution in [2.24, 2.45) is 0 Å². The Hall–Kier alpha value is -2.50. The van der Waals surface area contributed by atoms with Crippen molar-refractivity contribution in [1.82, 2.24) is 24.8 Å². The Labute approximate surface area is 136 Å². The number of ether oxygens (including phenoxy) is 2. The predicted octanol–water partition coefficient (Wildman–Crippen LogP) is -1.23. The number of imidazole rings is 1. The van der Waals surface area contributed by atoms with Crippen LogP contribution in [-0.4, -0.2) is 67.3 Å². The van der Waals surface area contributed by atoms with Crippen LogP contribution in [0.4, 0.5) is 10.6 Å². The first kappa shape index (κ1) is 16.4. The standard InChI is InChI=1S/C13H18N6O5/c1-2-23-13(22)15-3-6-8(20)9(21)12(24-6)19-5-18-7-10(14)16-4-17-11(7)19/h4-6,8-9,12,20-21H,2-3H2,1H3,(H,15,22)(H2,14,16,17)/t6-,8-,9-,12-/m1/s1. The number of hydrogen-bond acceptors (Lipinski definition) is 9. The number of nitrogens with two attached hydrogens (primary N) is 1. The lowest BCUT2D eigenvalue weighted by molar-refractivity contribution is -0.0340. The van der Waals surface area contributed by atoms with Gasteiger partial charge < -0.3 is 30.7 Å². The molecule has 0 radical (unpaired) electrons. The number of fused-ring (bicyclic) bond motifs is 1. The summed E-state index contributed by atoms with van der Waals surface area (Å²) < 4.78 is 11.9. The van der Waals surface area contributed by atoms with Crippen LogP contribution in [0.1, 0.15) is 13.2 Å². The molecule has 1 amide bonds. The Morgan fingerprint density at radius 2 is 2.21 bits per heavy atom. The van der Waals surface area contributed by atoms with E-state index in [-0.39, 0.29) is 19.0 Å². The first-order valence-corrected chi connectivity index (χ1v) is 7.38. The van der Waals surface area contributed by atoms with Crippen LogP contribution in [0.5, 0.6) is 0 Å². The van der Waals surface area contributed by atoms with Gasteiger partial charge in [0.1, 0.15) is 30.2 Å². The quantitative estimate of drug-likeness (QED) is 0.536. The summed E-state index contributed by atoms with van der Waals surface area (Å²) in [6.45, 7) is 1.89. The molecule has 0 bridgehead atoms. The largest absolute Gasteiger partial charge is 0.450 e. The summed E-state index contributed by atoms with van der Waals surface area (Å²) in [6, 6.07) is 0. The molecule has 5 N–H and O–H groups in total. The van der Waals surface area contributed by atoms with Crippen LogP contribution in [0, 0.1) is 0 Å². The van der Waals surface area contributed by atoms with Gasteiger partial charge in [-0.2, -0.15) is 0 Å². The Morgan fingerprint density at radius 3 is 2.96 bits per heavy atom. The van der Waals surface area contributed by atoms with E-state index in [1.165, 1.54) is 17.2 Å². The van der Waals surface area contributed by atoms with E-state index in [1.807, 2.05) is 0 Å². The van der Waals surface area contributed by atoms with Crippen LogP contribution in [-0.2, 0) is 9.47 Å². The van der Waals surface area contributed by atoms with Crippen molar-refractivity contribution in [3.8, 4) is 0 Å². The van der Waals surface area contributed by atoms with Gasteiger partial charge in [-0.05, 0) is 6.92 Å². The van der Waals surface area contributed by atoms with E-state index >= 15 is 0 Å². The third-order valence-corrected chi connectivity index (χ3v) is 3.72. The molecule has 24 heavy (non-hydrogen) atoms. The minimum atomic E-state index is -1.23. The number of nitrogen functional groups attached to an aromatic ring is 1. The van der Waals surface area contributed by atoms with Gasteiger partial charge in [-0.15, -0.1) is 0 Å². The molecule has 3 rings (SSSR count). The van der Waals surface area contributed by atoms with Gasteiger partial charge in [-0.1, -0.05) is 0 Å². The van der Waals surface area contributed by atoms with E-state index in [1.54, 1.807) is 6.92 Å². The molecule has 0 saturated carbocycles. The molecular formula is C13H18N6O5. The monoisotopic (exact) mass is 338 g/mol. The lowest BCUT2D eigenvalue weighted by Crippen LogP contribution is -2.40. The second kappa shape index (κ2) is 6.55. The van der Waals surface area contributed by atoms with Gasteiger partial charge >= 0.3 is 6.09 Å². The molecule has 1 aliphatic rings. The normalized spacial score (nSPS) is 26.6. The topological polar surface area (TPSA) is 158 Å². The minimum absolute atomic E-state index is 0.0166. The number of aliphatic hydroxyl groups excluding tert-OH is 2. The van der Waals surface area contributed by atoms with Crippen molar-refractivity contribution in [3.05, 3.63) is 12.7 Å².